The van der Waals surface area contributed by atoms with E-state index < -0.39 is 10.0 Å². The van der Waals surface area contributed by atoms with Crippen LogP contribution in [-0.4, -0.2) is 49.8 Å². The number of piperazine rings is 1. The lowest BCUT2D eigenvalue weighted by Gasteiger charge is -2.34. The van der Waals surface area contributed by atoms with E-state index in [0.717, 1.165) is 24.0 Å². The Morgan fingerprint density at radius 1 is 1.04 bits per heavy atom. The Bertz CT molecular complexity index is 973. The van der Waals surface area contributed by atoms with Crippen molar-refractivity contribution in [3.8, 4) is 0 Å². The summed E-state index contributed by atoms with van der Waals surface area (Å²) in [4.78, 5) is 14.5. The van der Waals surface area contributed by atoms with E-state index in [1.165, 1.54) is 16.4 Å². The lowest BCUT2D eigenvalue weighted by atomic mass is 10.1. The number of hydrogen-bond donors (Lipinski definition) is 1. The number of nitrogens with zero attached hydrogens (tertiary/aromatic N) is 2. The zero-order valence-corrected chi connectivity index (χ0v) is 16.2. The molecule has 2 aromatic carbocycles. The van der Waals surface area contributed by atoms with Crippen molar-refractivity contribution in [1.82, 2.24) is 14.5 Å². The van der Waals surface area contributed by atoms with Gasteiger partial charge in [0, 0.05) is 26.2 Å². The standard InChI is InChI=1S/C20H22FN3O3S/c21-16-7-8-18-15(14-16)6-9-19(18)22-20(25)23-10-12-24(13-11-23)28(26,27)17-4-2-1-3-5-17/h1-5,7-8,14,19H,6,9-13H2,(H,22,25). The van der Waals surface area contributed by atoms with Crippen LogP contribution in [0.3, 0.4) is 0 Å². The highest BCUT2D eigenvalue weighted by atomic mass is 32.2. The molecule has 2 aromatic rings. The third-order valence-corrected chi connectivity index (χ3v) is 7.30. The Balaban J connectivity index is 1.36. The molecule has 1 unspecified atom stereocenters. The fourth-order valence-electron chi connectivity index (χ4n) is 3.85. The van der Waals surface area contributed by atoms with Gasteiger partial charge in [0.15, 0.2) is 0 Å². The molecule has 0 bridgehead atoms. The van der Waals surface area contributed by atoms with Gasteiger partial charge in [0.05, 0.1) is 10.9 Å². The molecule has 1 N–H and O–H groups in total. The molecular formula is C20H22FN3O3S. The van der Waals surface area contributed by atoms with Crippen LogP contribution in [0.25, 0.3) is 0 Å². The zero-order valence-electron chi connectivity index (χ0n) is 15.3. The van der Waals surface area contributed by atoms with Gasteiger partial charge in [0.2, 0.25) is 10.0 Å². The van der Waals surface area contributed by atoms with Crippen molar-refractivity contribution >= 4 is 16.1 Å². The molecule has 0 aromatic heterocycles. The maximum Gasteiger partial charge on any atom is 0.317 e. The van der Waals surface area contributed by atoms with Crippen LogP contribution in [0.2, 0.25) is 0 Å². The number of carbonyl (C=O) groups is 1. The van der Waals surface area contributed by atoms with E-state index in [4.69, 9.17) is 0 Å². The summed E-state index contributed by atoms with van der Waals surface area (Å²) in [5.41, 5.74) is 1.89. The Morgan fingerprint density at radius 2 is 1.75 bits per heavy atom. The van der Waals surface area contributed by atoms with Crippen LogP contribution in [0, 0.1) is 5.82 Å². The quantitative estimate of drug-likeness (QED) is 0.856. The highest BCUT2D eigenvalue weighted by Gasteiger charge is 2.31. The number of urea groups is 1. The number of fused-ring (bicyclic) bond motifs is 1. The van der Waals surface area contributed by atoms with E-state index in [2.05, 4.69) is 5.32 Å². The summed E-state index contributed by atoms with van der Waals surface area (Å²) < 4.78 is 40.1. The highest BCUT2D eigenvalue weighted by Crippen LogP contribution is 2.31. The molecule has 0 saturated carbocycles. The van der Waals surface area contributed by atoms with E-state index in [9.17, 15) is 17.6 Å². The van der Waals surface area contributed by atoms with E-state index in [1.807, 2.05) is 0 Å². The topological polar surface area (TPSA) is 69.7 Å². The summed E-state index contributed by atoms with van der Waals surface area (Å²) in [6.45, 7) is 1.19. The number of nitrogens with one attached hydrogen (secondary N) is 1. The summed E-state index contributed by atoms with van der Waals surface area (Å²) in [6.07, 6.45) is 1.48. The van der Waals surface area contributed by atoms with Crippen LogP contribution < -0.4 is 5.32 Å². The molecule has 2 amide bonds. The summed E-state index contributed by atoms with van der Waals surface area (Å²) >= 11 is 0. The number of benzene rings is 2. The molecule has 0 radical (unpaired) electrons. The molecule has 1 fully saturated rings. The van der Waals surface area contributed by atoms with Crippen LogP contribution in [0.15, 0.2) is 53.4 Å². The molecule has 4 rings (SSSR count). The normalized spacial score (nSPS) is 20.0. The number of hydrogen-bond acceptors (Lipinski definition) is 3. The lowest BCUT2D eigenvalue weighted by Crippen LogP contribution is -2.53. The summed E-state index contributed by atoms with van der Waals surface area (Å²) in [7, 11) is -3.54. The predicted molar refractivity (Wildman–Crippen MR) is 103 cm³/mol. The maximum atomic E-state index is 13.3. The minimum atomic E-state index is -3.54. The van der Waals surface area contributed by atoms with Crippen molar-refractivity contribution < 1.29 is 17.6 Å². The van der Waals surface area contributed by atoms with Gasteiger partial charge in [-0.05, 0) is 48.2 Å². The Morgan fingerprint density at radius 3 is 2.46 bits per heavy atom. The van der Waals surface area contributed by atoms with Gasteiger partial charge in [-0.2, -0.15) is 4.31 Å². The third-order valence-electron chi connectivity index (χ3n) is 5.39. The second-order valence-corrected chi connectivity index (χ2v) is 9.03. The predicted octanol–water partition coefficient (Wildman–Crippen LogP) is 2.53. The van der Waals surface area contributed by atoms with Crippen LogP contribution >= 0.6 is 0 Å². The van der Waals surface area contributed by atoms with Gasteiger partial charge in [-0.3, -0.25) is 0 Å². The van der Waals surface area contributed by atoms with E-state index >= 15 is 0 Å². The fourth-order valence-corrected chi connectivity index (χ4v) is 5.29. The Hall–Kier alpha value is -2.45. The van der Waals surface area contributed by atoms with Crippen molar-refractivity contribution in [3.63, 3.8) is 0 Å². The highest BCUT2D eigenvalue weighted by molar-refractivity contribution is 7.89. The first kappa shape index (κ1) is 18.9. The third kappa shape index (κ3) is 3.62. The van der Waals surface area contributed by atoms with Gasteiger partial charge in [-0.1, -0.05) is 24.3 Å². The van der Waals surface area contributed by atoms with E-state index in [-0.39, 0.29) is 35.9 Å². The summed E-state index contributed by atoms with van der Waals surface area (Å²) in [5.74, 6) is -0.263. The second-order valence-electron chi connectivity index (χ2n) is 7.09. The van der Waals surface area contributed by atoms with Crippen LogP contribution in [0.5, 0.6) is 0 Å². The molecule has 1 aliphatic heterocycles. The van der Waals surface area contributed by atoms with Crippen LogP contribution in [0.1, 0.15) is 23.6 Å². The molecule has 1 aliphatic carbocycles. The second kappa shape index (κ2) is 7.52. The van der Waals surface area contributed by atoms with Crippen molar-refractivity contribution in [2.75, 3.05) is 26.2 Å². The number of carbonyl (C=O) groups excluding carboxylic acids is 1. The molecule has 0 spiro atoms. The van der Waals surface area contributed by atoms with Crippen molar-refractivity contribution in [2.45, 2.75) is 23.8 Å². The van der Waals surface area contributed by atoms with Crippen molar-refractivity contribution in [3.05, 3.63) is 65.5 Å². The Labute approximate surface area is 164 Å². The fraction of sp³-hybridized carbons (Fsp3) is 0.350. The van der Waals surface area contributed by atoms with Gasteiger partial charge in [0.1, 0.15) is 5.82 Å². The monoisotopic (exact) mass is 403 g/mol. The average molecular weight is 403 g/mol. The SMILES string of the molecule is O=C(NC1CCc2cc(F)ccc21)N1CCN(S(=O)(=O)c2ccccc2)CC1. The van der Waals surface area contributed by atoms with Crippen LogP contribution in [0.4, 0.5) is 9.18 Å². The molecule has 1 saturated heterocycles. The number of rotatable bonds is 3. The molecule has 148 valence electrons. The lowest BCUT2D eigenvalue weighted by molar-refractivity contribution is 0.169. The van der Waals surface area contributed by atoms with Crippen LogP contribution in [-0.2, 0) is 16.4 Å². The molecule has 2 aliphatic rings. The van der Waals surface area contributed by atoms with Gasteiger partial charge in [0.25, 0.3) is 0 Å². The van der Waals surface area contributed by atoms with E-state index in [0.29, 0.717) is 13.1 Å². The molecule has 8 heteroatoms. The number of halogens is 1. The number of sulfonamides is 1. The zero-order chi connectivity index (χ0) is 19.7. The average Bonchev–Trinajstić information content (AvgIpc) is 3.10. The maximum absolute atomic E-state index is 13.3. The van der Waals surface area contributed by atoms with Gasteiger partial charge in [-0.15, -0.1) is 0 Å². The largest absolute Gasteiger partial charge is 0.331 e. The molecular weight excluding hydrogens is 381 g/mol. The number of amides is 2. The molecule has 1 atom stereocenters. The van der Waals surface area contributed by atoms with Crippen molar-refractivity contribution in [2.24, 2.45) is 0 Å². The van der Waals surface area contributed by atoms with Gasteiger partial charge < -0.3 is 10.2 Å². The minimum absolute atomic E-state index is 0.130. The molecule has 28 heavy (non-hydrogen) atoms. The summed E-state index contributed by atoms with van der Waals surface area (Å²) in [6, 6.07) is 12.6. The Kier molecular flexibility index (Phi) is 5.07. The first-order valence-electron chi connectivity index (χ1n) is 9.34. The smallest absolute Gasteiger partial charge is 0.317 e. The van der Waals surface area contributed by atoms with Gasteiger partial charge >= 0.3 is 6.03 Å². The molecule has 6 nitrogen and oxygen atoms in total. The number of aryl methyl sites for hydroxylation is 1. The first-order valence-corrected chi connectivity index (χ1v) is 10.8. The van der Waals surface area contributed by atoms with Gasteiger partial charge in [-0.25, -0.2) is 17.6 Å². The van der Waals surface area contributed by atoms with E-state index in [1.54, 1.807) is 41.3 Å². The summed E-state index contributed by atoms with van der Waals surface area (Å²) in [5, 5.41) is 3.01. The first-order chi connectivity index (χ1) is 13.4. The minimum Gasteiger partial charge on any atom is -0.331 e. The molecule has 1 heterocycles. The van der Waals surface area contributed by atoms with Crippen molar-refractivity contribution in [1.29, 1.82) is 0 Å².